The second-order valence-corrected chi connectivity index (χ2v) is 6.40. The second kappa shape index (κ2) is 8.88. The number of hydrogen-bond donors (Lipinski definition) is 1. The summed E-state index contributed by atoms with van der Waals surface area (Å²) in [4.78, 5) is 12.4. The topological polar surface area (TPSA) is 57.2 Å². The van der Waals surface area contributed by atoms with E-state index in [4.69, 9.17) is 10.5 Å². The Bertz CT molecular complexity index is 872. The van der Waals surface area contributed by atoms with Crippen LogP contribution in [0.15, 0.2) is 54.6 Å². The molecule has 1 aromatic heterocycles. The monoisotopic (exact) mass is 372 g/mol. The van der Waals surface area contributed by atoms with Gasteiger partial charge in [0.05, 0.1) is 6.61 Å². The van der Waals surface area contributed by atoms with E-state index in [1.54, 1.807) is 0 Å². The minimum Gasteiger partial charge on any atom is -0.461 e. The third kappa shape index (κ3) is 4.45. The Kier molecular flexibility index (Phi) is 6.83. The van der Waals surface area contributed by atoms with Gasteiger partial charge in [-0.15, -0.1) is 12.4 Å². The van der Waals surface area contributed by atoms with Gasteiger partial charge in [0.15, 0.2) is 0 Å². The van der Waals surface area contributed by atoms with Gasteiger partial charge in [-0.05, 0) is 49.6 Å². The number of carbonyl (C=O) groups is 1. The number of carbonyl (C=O) groups excluding carboxylic acids is 1. The summed E-state index contributed by atoms with van der Waals surface area (Å²) in [6, 6.07) is 18.4. The standard InChI is InChI=1S/C21H24N2O2.ClH/c1-3-25-21(24)20-13-18-12-17(11-15(2)22)9-10-19(18)23(20)14-16-7-5-4-6-8-16;/h4-10,12-13,15H,3,11,14,22H2,1-2H3;1H. The first-order chi connectivity index (χ1) is 12.1. The summed E-state index contributed by atoms with van der Waals surface area (Å²) in [5.41, 5.74) is 9.84. The second-order valence-electron chi connectivity index (χ2n) is 6.40. The molecule has 0 aliphatic heterocycles. The van der Waals surface area contributed by atoms with Gasteiger partial charge in [-0.2, -0.15) is 0 Å². The van der Waals surface area contributed by atoms with Crippen molar-refractivity contribution in [3.05, 3.63) is 71.4 Å². The van der Waals surface area contributed by atoms with Crippen LogP contribution in [-0.4, -0.2) is 23.2 Å². The highest BCUT2D eigenvalue weighted by Gasteiger charge is 2.17. The number of aromatic nitrogens is 1. The molecule has 1 atom stereocenters. The molecule has 1 heterocycles. The Morgan fingerprint density at radius 2 is 1.85 bits per heavy atom. The number of hydrogen-bond acceptors (Lipinski definition) is 3. The lowest BCUT2D eigenvalue weighted by molar-refractivity contribution is 0.0515. The summed E-state index contributed by atoms with van der Waals surface area (Å²) in [7, 11) is 0. The van der Waals surface area contributed by atoms with Gasteiger partial charge in [0.25, 0.3) is 0 Å². The van der Waals surface area contributed by atoms with Gasteiger partial charge in [0.2, 0.25) is 0 Å². The molecular formula is C21H25ClN2O2. The molecule has 0 aliphatic carbocycles. The normalized spacial score (nSPS) is 11.8. The smallest absolute Gasteiger partial charge is 0.354 e. The predicted molar refractivity (Wildman–Crippen MR) is 108 cm³/mol. The summed E-state index contributed by atoms with van der Waals surface area (Å²) in [6.07, 6.45) is 0.814. The van der Waals surface area contributed by atoms with E-state index in [0.29, 0.717) is 18.8 Å². The minimum absolute atomic E-state index is 0. The third-order valence-electron chi connectivity index (χ3n) is 4.19. The highest BCUT2D eigenvalue weighted by atomic mass is 35.5. The number of fused-ring (bicyclic) bond motifs is 1. The molecular weight excluding hydrogens is 348 g/mol. The molecule has 3 rings (SSSR count). The first-order valence-electron chi connectivity index (χ1n) is 8.67. The van der Waals surface area contributed by atoms with Crippen molar-refractivity contribution in [2.45, 2.75) is 32.9 Å². The number of ether oxygens (including phenoxy) is 1. The largest absolute Gasteiger partial charge is 0.461 e. The van der Waals surface area contributed by atoms with Crippen LogP contribution in [0.3, 0.4) is 0 Å². The molecule has 0 amide bonds. The predicted octanol–water partition coefficient (Wildman–Crippen LogP) is 4.18. The Morgan fingerprint density at radius 1 is 1.12 bits per heavy atom. The zero-order valence-electron chi connectivity index (χ0n) is 15.1. The Hall–Kier alpha value is -2.30. The molecule has 0 radical (unpaired) electrons. The maximum Gasteiger partial charge on any atom is 0.354 e. The van der Waals surface area contributed by atoms with Crippen molar-refractivity contribution < 1.29 is 9.53 Å². The quantitative estimate of drug-likeness (QED) is 0.660. The fraction of sp³-hybridized carbons (Fsp3) is 0.286. The Morgan fingerprint density at radius 3 is 2.50 bits per heavy atom. The molecule has 2 aromatic carbocycles. The van der Waals surface area contributed by atoms with E-state index in [2.05, 4.69) is 30.3 Å². The van der Waals surface area contributed by atoms with E-state index >= 15 is 0 Å². The van der Waals surface area contributed by atoms with Crippen molar-refractivity contribution in [1.29, 1.82) is 0 Å². The number of halogens is 1. The van der Waals surface area contributed by atoms with Gasteiger partial charge in [-0.3, -0.25) is 0 Å². The highest BCUT2D eigenvalue weighted by molar-refractivity contribution is 5.96. The van der Waals surface area contributed by atoms with Crippen LogP contribution < -0.4 is 5.73 Å². The highest BCUT2D eigenvalue weighted by Crippen LogP contribution is 2.24. The maximum absolute atomic E-state index is 12.4. The first-order valence-corrected chi connectivity index (χ1v) is 8.67. The molecule has 4 nitrogen and oxygen atoms in total. The Labute approximate surface area is 160 Å². The molecule has 0 saturated carbocycles. The van der Waals surface area contributed by atoms with E-state index in [9.17, 15) is 4.79 Å². The number of nitrogens with two attached hydrogens (primary N) is 1. The Balaban J connectivity index is 0.00000243. The molecule has 2 N–H and O–H groups in total. The van der Waals surface area contributed by atoms with Crippen molar-refractivity contribution in [3.8, 4) is 0 Å². The number of benzene rings is 2. The van der Waals surface area contributed by atoms with Crippen LogP contribution >= 0.6 is 12.4 Å². The molecule has 26 heavy (non-hydrogen) atoms. The number of esters is 1. The first kappa shape index (κ1) is 20.0. The van der Waals surface area contributed by atoms with Crippen LogP contribution in [-0.2, 0) is 17.7 Å². The summed E-state index contributed by atoms with van der Waals surface area (Å²) < 4.78 is 7.28. The molecule has 0 fully saturated rings. The number of nitrogens with zero attached hydrogens (tertiary/aromatic N) is 1. The van der Waals surface area contributed by atoms with Crippen LogP contribution in [0.1, 0.15) is 35.5 Å². The van der Waals surface area contributed by atoms with E-state index in [-0.39, 0.29) is 24.4 Å². The molecule has 0 aliphatic rings. The van der Waals surface area contributed by atoms with Crippen LogP contribution in [0.5, 0.6) is 0 Å². The van der Waals surface area contributed by atoms with Gasteiger partial charge in [-0.1, -0.05) is 36.4 Å². The average molecular weight is 373 g/mol. The lowest BCUT2D eigenvalue weighted by Gasteiger charge is -2.11. The van der Waals surface area contributed by atoms with Gasteiger partial charge in [0, 0.05) is 23.5 Å². The van der Waals surface area contributed by atoms with Crippen molar-refractivity contribution in [2.24, 2.45) is 5.73 Å². The van der Waals surface area contributed by atoms with E-state index in [1.165, 1.54) is 5.56 Å². The summed E-state index contributed by atoms with van der Waals surface area (Å²) >= 11 is 0. The summed E-state index contributed by atoms with van der Waals surface area (Å²) in [6.45, 7) is 4.81. The van der Waals surface area contributed by atoms with Crippen molar-refractivity contribution in [1.82, 2.24) is 4.57 Å². The van der Waals surface area contributed by atoms with E-state index in [1.807, 2.05) is 42.7 Å². The van der Waals surface area contributed by atoms with E-state index in [0.717, 1.165) is 22.9 Å². The van der Waals surface area contributed by atoms with Gasteiger partial charge >= 0.3 is 5.97 Å². The summed E-state index contributed by atoms with van der Waals surface area (Å²) in [5, 5.41) is 1.04. The summed E-state index contributed by atoms with van der Waals surface area (Å²) in [5.74, 6) is -0.289. The SMILES string of the molecule is CCOC(=O)c1cc2cc(CC(C)N)ccc2n1Cc1ccccc1.Cl. The molecule has 0 saturated heterocycles. The maximum atomic E-state index is 12.4. The van der Waals surface area contributed by atoms with Crippen LogP contribution in [0.4, 0.5) is 0 Å². The fourth-order valence-corrected chi connectivity index (χ4v) is 3.13. The van der Waals surface area contributed by atoms with Crippen molar-refractivity contribution in [2.75, 3.05) is 6.61 Å². The molecule has 5 heteroatoms. The zero-order valence-corrected chi connectivity index (χ0v) is 16.0. The molecule has 1 unspecified atom stereocenters. The minimum atomic E-state index is -0.289. The van der Waals surface area contributed by atoms with Crippen molar-refractivity contribution in [3.63, 3.8) is 0 Å². The molecule has 0 bridgehead atoms. The van der Waals surface area contributed by atoms with Gasteiger partial charge in [-0.25, -0.2) is 4.79 Å². The fourth-order valence-electron chi connectivity index (χ4n) is 3.13. The van der Waals surface area contributed by atoms with Crippen LogP contribution in [0, 0.1) is 0 Å². The lowest BCUT2D eigenvalue weighted by atomic mass is 10.1. The zero-order chi connectivity index (χ0) is 17.8. The average Bonchev–Trinajstić information content (AvgIpc) is 2.93. The molecule has 0 spiro atoms. The van der Waals surface area contributed by atoms with Crippen LogP contribution in [0.2, 0.25) is 0 Å². The molecule has 138 valence electrons. The number of rotatable bonds is 6. The van der Waals surface area contributed by atoms with Gasteiger partial charge in [0.1, 0.15) is 5.69 Å². The van der Waals surface area contributed by atoms with Crippen molar-refractivity contribution >= 4 is 29.3 Å². The van der Waals surface area contributed by atoms with Crippen LogP contribution in [0.25, 0.3) is 10.9 Å². The third-order valence-corrected chi connectivity index (χ3v) is 4.19. The van der Waals surface area contributed by atoms with Gasteiger partial charge < -0.3 is 15.0 Å². The lowest BCUT2D eigenvalue weighted by Crippen LogP contribution is -2.17. The van der Waals surface area contributed by atoms with E-state index < -0.39 is 0 Å². The molecule has 3 aromatic rings.